The van der Waals surface area contributed by atoms with Crippen molar-refractivity contribution >= 4 is 17.2 Å². The van der Waals surface area contributed by atoms with Crippen LogP contribution in [0.3, 0.4) is 0 Å². The van der Waals surface area contributed by atoms with Crippen LogP contribution >= 0.6 is 11.3 Å². The Labute approximate surface area is 159 Å². The van der Waals surface area contributed by atoms with Crippen LogP contribution in [0, 0.1) is 11.8 Å². The number of hydrogen-bond acceptors (Lipinski definition) is 5. The van der Waals surface area contributed by atoms with Gasteiger partial charge in [-0.05, 0) is 37.9 Å². The molecule has 5 nitrogen and oxygen atoms in total. The van der Waals surface area contributed by atoms with Crippen molar-refractivity contribution in [3.63, 3.8) is 0 Å². The number of aliphatic hydroxyl groups excluding tert-OH is 1. The molecular formula is C20H27N3O2S. The number of carbonyl (C=O) groups is 1. The van der Waals surface area contributed by atoms with Crippen LogP contribution in [0.2, 0.25) is 0 Å². The Kier molecular flexibility index (Phi) is 6.40. The molecule has 6 heteroatoms. The molecule has 2 aromatic rings. The number of amides is 1. The molecule has 0 radical (unpaired) electrons. The summed E-state index contributed by atoms with van der Waals surface area (Å²) < 4.78 is 0. The lowest BCUT2D eigenvalue weighted by molar-refractivity contribution is 0.0473. The predicted octanol–water partition coefficient (Wildman–Crippen LogP) is 2.37. The fourth-order valence-electron chi connectivity index (χ4n) is 3.69. The fraction of sp³-hybridized carbons (Fsp3) is 0.500. The number of thiazole rings is 1. The van der Waals surface area contributed by atoms with Gasteiger partial charge in [-0.2, -0.15) is 0 Å². The Bertz CT molecular complexity index is 717. The minimum atomic E-state index is -0.0116. The number of aromatic nitrogens is 1. The second-order valence-electron chi connectivity index (χ2n) is 7.41. The van der Waals surface area contributed by atoms with Gasteiger partial charge in [0.2, 0.25) is 0 Å². The minimum Gasteiger partial charge on any atom is -0.396 e. The molecule has 140 valence electrons. The van der Waals surface area contributed by atoms with Crippen molar-refractivity contribution in [3.8, 4) is 0 Å². The topological polar surface area (TPSA) is 56.7 Å². The third-order valence-electron chi connectivity index (χ3n) is 4.76. The summed E-state index contributed by atoms with van der Waals surface area (Å²) >= 11 is 1.54. The quantitative estimate of drug-likeness (QED) is 0.845. The van der Waals surface area contributed by atoms with Gasteiger partial charge in [0.1, 0.15) is 5.69 Å². The third kappa shape index (κ3) is 4.90. The zero-order valence-electron chi connectivity index (χ0n) is 15.5. The molecule has 3 rings (SSSR count). The monoisotopic (exact) mass is 373 g/mol. The summed E-state index contributed by atoms with van der Waals surface area (Å²) in [5, 5.41) is 12.4. The highest BCUT2D eigenvalue weighted by Gasteiger charge is 2.31. The normalized spacial score (nSPS) is 20.5. The van der Waals surface area contributed by atoms with Crippen LogP contribution in [0.25, 0.3) is 0 Å². The molecule has 1 aromatic carbocycles. The number of benzene rings is 1. The SMILES string of the molecule is CN(C)C[C@H]1C[C@@H](CO)CN(C(=O)c2csc(Cc3ccccc3)n2)C1. The number of carbonyl (C=O) groups excluding carboxylic acids is 1. The van der Waals surface area contributed by atoms with E-state index in [1.54, 1.807) is 0 Å². The molecule has 0 bridgehead atoms. The Morgan fingerprint density at radius 1 is 1.27 bits per heavy atom. The van der Waals surface area contributed by atoms with Gasteiger partial charge < -0.3 is 14.9 Å². The van der Waals surface area contributed by atoms with Gasteiger partial charge in [0, 0.05) is 38.0 Å². The molecule has 2 heterocycles. The molecule has 0 saturated carbocycles. The van der Waals surface area contributed by atoms with E-state index in [9.17, 15) is 9.90 Å². The lowest BCUT2D eigenvalue weighted by Gasteiger charge is -2.38. The van der Waals surface area contributed by atoms with Crippen LogP contribution in [0.1, 0.15) is 27.5 Å². The summed E-state index contributed by atoms with van der Waals surface area (Å²) in [6.07, 6.45) is 1.72. The highest BCUT2D eigenvalue weighted by molar-refractivity contribution is 7.09. The number of nitrogens with zero attached hydrogens (tertiary/aromatic N) is 3. The zero-order valence-corrected chi connectivity index (χ0v) is 16.3. The van der Waals surface area contributed by atoms with E-state index in [4.69, 9.17) is 0 Å². The molecule has 1 fully saturated rings. The maximum absolute atomic E-state index is 12.9. The van der Waals surface area contributed by atoms with E-state index in [-0.39, 0.29) is 18.4 Å². The molecule has 1 amide bonds. The maximum atomic E-state index is 12.9. The first-order valence-electron chi connectivity index (χ1n) is 9.08. The number of rotatable bonds is 6. The van der Waals surface area contributed by atoms with Gasteiger partial charge in [-0.25, -0.2) is 4.98 Å². The Balaban J connectivity index is 1.67. The van der Waals surface area contributed by atoms with Crippen LogP contribution in [0.15, 0.2) is 35.7 Å². The van der Waals surface area contributed by atoms with Gasteiger partial charge in [-0.1, -0.05) is 30.3 Å². The average Bonchev–Trinajstić information content (AvgIpc) is 3.09. The van der Waals surface area contributed by atoms with Crippen LogP contribution in [0.4, 0.5) is 0 Å². The average molecular weight is 374 g/mol. The van der Waals surface area contributed by atoms with Crippen LogP contribution in [0.5, 0.6) is 0 Å². The zero-order chi connectivity index (χ0) is 18.5. The first kappa shape index (κ1) is 19.0. The van der Waals surface area contributed by atoms with Crippen molar-refractivity contribution in [3.05, 3.63) is 52.0 Å². The summed E-state index contributed by atoms with van der Waals surface area (Å²) in [4.78, 5) is 21.5. The van der Waals surface area contributed by atoms with Crippen LogP contribution in [-0.2, 0) is 6.42 Å². The largest absolute Gasteiger partial charge is 0.396 e. The maximum Gasteiger partial charge on any atom is 0.273 e. The molecule has 0 unspecified atom stereocenters. The smallest absolute Gasteiger partial charge is 0.273 e. The Morgan fingerprint density at radius 3 is 2.69 bits per heavy atom. The van der Waals surface area contributed by atoms with Crippen molar-refractivity contribution in [2.45, 2.75) is 12.8 Å². The summed E-state index contributed by atoms with van der Waals surface area (Å²) in [6.45, 7) is 2.41. The first-order chi connectivity index (χ1) is 12.5. The van der Waals surface area contributed by atoms with E-state index in [0.717, 1.165) is 30.9 Å². The molecule has 1 aliphatic rings. The summed E-state index contributed by atoms with van der Waals surface area (Å²) in [7, 11) is 4.09. The molecular weight excluding hydrogens is 346 g/mol. The third-order valence-corrected chi connectivity index (χ3v) is 5.61. The van der Waals surface area contributed by atoms with Gasteiger partial charge in [-0.3, -0.25) is 4.79 Å². The van der Waals surface area contributed by atoms with Gasteiger partial charge in [0.05, 0.1) is 5.01 Å². The lowest BCUT2D eigenvalue weighted by atomic mass is 9.89. The molecule has 1 aromatic heterocycles. The predicted molar refractivity (Wildman–Crippen MR) is 105 cm³/mol. The van der Waals surface area contributed by atoms with Crippen molar-refractivity contribution in [1.82, 2.24) is 14.8 Å². The van der Waals surface area contributed by atoms with Gasteiger partial charge in [0.25, 0.3) is 5.91 Å². The van der Waals surface area contributed by atoms with Gasteiger partial charge in [-0.15, -0.1) is 11.3 Å². The molecule has 0 aliphatic carbocycles. The standard InChI is InChI=1S/C20H27N3O2S/c1-22(2)10-16-8-17(13-24)12-23(11-16)20(25)18-14-26-19(21-18)9-15-6-4-3-5-7-15/h3-7,14,16-17,24H,8-13H2,1-2H3/t16-,17-/m1/s1. The van der Waals surface area contributed by atoms with E-state index in [1.807, 2.05) is 42.6 Å². The highest BCUT2D eigenvalue weighted by Crippen LogP contribution is 2.24. The molecule has 1 aliphatic heterocycles. The fourth-order valence-corrected chi connectivity index (χ4v) is 4.49. The van der Waals surface area contributed by atoms with E-state index in [0.29, 0.717) is 18.2 Å². The van der Waals surface area contributed by atoms with Crippen molar-refractivity contribution in [1.29, 1.82) is 0 Å². The Hall–Kier alpha value is -1.76. The molecule has 1 saturated heterocycles. The van der Waals surface area contributed by atoms with E-state index in [1.165, 1.54) is 16.9 Å². The summed E-state index contributed by atoms with van der Waals surface area (Å²) in [5.41, 5.74) is 1.73. The second-order valence-corrected chi connectivity index (χ2v) is 8.35. The van der Waals surface area contributed by atoms with Gasteiger partial charge >= 0.3 is 0 Å². The van der Waals surface area contributed by atoms with Gasteiger partial charge in [0.15, 0.2) is 0 Å². The minimum absolute atomic E-state index is 0.0116. The van der Waals surface area contributed by atoms with Crippen molar-refractivity contribution in [2.75, 3.05) is 40.3 Å². The molecule has 26 heavy (non-hydrogen) atoms. The van der Waals surface area contributed by atoms with E-state index < -0.39 is 0 Å². The Morgan fingerprint density at radius 2 is 2.00 bits per heavy atom. The number of likely N-dealkylation sites (tertiary alicyclic amines) is 1. The van der Waals surface area contributed by atoms with Crippen molar-refractivity contribution in [2.24, 2.45) is 11.8 Å². The van der Waals surface area contributed by atoms with Crippen LogP contribution < -0.4 is 0 Å². The second kappa shape index (κ2) is 8.75. The molecule has 2 atom stereocenters. The van der Waals surface area contributed by atoms with Crippen LogP contribution in [-0.4, -0.2) is 66.1 Å². The number of hydrogen-bond donors (Lipinski definition) is 1. The molecule has 0 spiro atoms. The molecule has 1 N–H and O–H groups in total. The summed E-state index contributed by atoms with van der Waals surface area (Å²) in [6, 6.07) is 10.2. The van der Waals surface area contributed by atoms with E-state index >= 15 is 0 Å². The number of aliphatic hydroxyl groups is 1. The summed E-state index contributed by atoms with van der Waals surface area (Å²) in [5.74, 6) is 0.532. The number of piperidine rings is 1. The van der Waals surface area contributed by atoms with Crippen molar-refractivity contribution < 1.29 is 9.90 Å². The lowest BCUT2D eigenvalue weighted by Crippen LogP contribution is -2.47. The highest BCUT2D eigenvalue weighted by atomic mass is 32.1. The first-order valence-corrected chi connectivity index (χ1v) is 9.96. The van der Waals surface area contributed by atoms with E-state index in [2.05, 4.69) is 22.0 Å².